The topological polar surface area (TPSA) is 20.3 Å². The van der Waals surface area contributed by atoms with Gasteiger partial charge in [0.25, 0.3) is 0 Å². The van der Waals surface area contributed by atoms with E-state index in [1.807, 2.05) is 12.1 Å². The van der Waals surface area contributed by atoms with Crippen molar-refractivity contribution in [2.24, 2.45) is 5.92 Å². The van der Waals surface area contributed by atoms with Crippen molar-refractivity contribution in [3.63, 3.8) is 0 Å². The van der Waals surface area contributed by atoms with Gasteiger partial charge in [0.1, 0.15) is 5.78 Å². The van der Waals surface area contributed by atoms with Gasteiger partial charge in [0.15, 0.2) is 0 Å². The van der Waals surface area contributed by atoms with Crippen molar-refractivity contribution < 1.29 is 4.79 Å². The predicted molar refractivity (Wildman–Crippen MR) is 77.5 cm³/mol. The van der Waals surface area contributed by atoms with Crippen molar-refractivity contribution in [1.82, 2.24) is 4.90 Å². The SMILES string of the molecule is O=C1CCC1N1CCC(Cc2ccc(Cl)cc2)CC1. The summed E-state index contributed by atoms with van der Waals surface area (Å²) < 4.78 is 0. The van der Waals surface area contributed by atoms with Crippen LogP contribution in [0.5, 0.6) is 0 Å². The average molecular weight is 278 g/mol. The Kier molecular flexibility index (Phi) is 3.90. The van der Waals surface area contributed by atoms with Gasteiger partial charge in [0.2, 0.25) is 0 Å². The number of ketones is 1. The second-order valence-corrected chi connectivity index (χ2v) is 6.27. The Morgan fingerprint density at radius 1 is 1.11 bits per heavy atom. The highest BCUT2D eigenvalue weighted by atomic mass is 35.5. The summed E-state index contributed by atoms with van der Waals surface area (Å²) in [5.74, 6) is 1.21. The fourth-order valence-electron chi connectivity index (χ4n) is 3.20. The van der Waals surface area contributed by atoms with Crippen LogP contribution in [0.15, 0.2) is 24.3 Å². The Balaban J connectivity index is 1.50. The lowest BCUT2D eigenvalue weighted by atomic mass is 9.85. The van der Waals surface area contributed by atoms with E-state index in [0.717, 1.165) is 43.3 Å². The van der Waals surface area contributed by atoms with E-state index in [4.69, 9.17) is 11.6 Å². The van der Waals surface area contributed by atoms with Crippen molar-refractivity contribution in [3.05, 3.63) is 34.9 Å². The van der Waals surface area contributed by atoms with Crippen LogP contribution in [0.2, 0.25) is 5.02 Å². The quantitative estimate of drug-likeness (QED) is 0.845. The van der Waals surface area contributed by atoms with E-state index in [1.54, 1.807) is 0 Å². The number of carbonyl (C=O) groups excluding carboxylic acids is 1. The molecule has 1 saturated heterocycles. The van der Waals surface area contributed by atoms with Crippen LogP contribution in [0.4, 0.5) is 0 Å². The molecule has 3 heteroatoms. The summed E-state index contributed by atoms with van der Waals surface area (Å²) in [5, 5.41) is 0.807. The largest absolute Gasteiger partial charge is 0.298 e. The van der Waals surface area contributed by atoms with Crippen molar-refractivity contribution >= 4 is 17.4 Å². The molecule has 19 heavy (non-hydrogen) atoms. The Morgan fingerprint density at radius 3 is 2.32 bits per heavy atom. The summed E-state index contributed by atoms with van der Waals surface area (Å²) in [6, 6.07) is 8.46. The normalized spacial score (nSPS) is 25.3. The first-order valence-electron chi connectivity index (χ1n) is 7.23. The van der Waals surface area contributed by atoms with E-state index in [9.17, 15) is 4.79 Å². The first-order chi connectivity index (χ1) is 9.22. The zero-order chi connectivity index (χ0) is 13.2. The number of Topliss-reactive ketones (excluding diaryl/α,β-unsaturated/α-hetero) is 1. The number of piperidine rings is 1. The molecule has 1 saturated carbocycles. The molecule has 2 fully saturated rings. The summed E-state index contributed by atoms with van der Waals surface area (Å²) in [7, 11) is 0. The number of halogens is 1. The molecule has 1 aliphatic heterocycles. The lowest BCUT2D eigenvalue weighted by molar-refractivity contribution is -0.132. The average Bonchev–Trinajstić information content (AvgIpc) is 2.42. The van der Waals surface area contributed by atoms with Gasteiger partial charge >= 0.3 is 0 Å². The fourth-order valence-corrected chi connectivity index (χ4v) is 3.33. The van der Waals surface area contributed by atoms with Crippen molar-refractivity contribution in [3.8, 4) is 0 Å². The fraction of sp³-hybridized carbons (Fsp3) is 0.562. The molecule has 0 spiro atoms. The summed E-state index contributed by atoms with van der Waals surface area (Å²) in [6.07, 6.45) is 5.46. The highest BCUT2D eigenvalue weighted by molar-refractivity contribution is 6.30. The lowest BCUT2D eigenvalue weighted by Crippen LogP contribution is -2.50. The molecule has 2 aliphatic rings. The molecule has 1 aromatic rings. The van der Waals surface area contributed by atoms with Crippen LogP contribution in [0.1, 0.15) is 31.2 Å². The highest BCUT2D eigenvalue weighted by Gasteiger charge is 2.35. The van der Waals surface area contributed by atoms with Crippen LogP contribution >= 0.6 is 11.6 Å². The minimum absolute atomic E-state index is 0.261. The molecule has 102 valence electrons. The lowest BCUT2D eigenvalue weighted by Gasteiger charge is -2.40. The maximum Gasteiger partial charge on any atom is 0.150 e. The van der Waals surface area contributed by atoms with Crippen LogP contribution in [-0.4, -0.2) is 29.8 Å². The number of hydrogen-bond donors (Lipinski definition) is 0. The predicted octanol–water partition coefficient (Wildman–Crippen LogP) is 3.33. The third-order valence-corrected chi connectivity index (χ3v) is 4.82. The first kappa shape index (κ1) is 13.1. The van der Waals surface area contributed by atoms with Crippen LogP contribution in [0.25, 0.3) is 0 Å². The maximum absolute atomic E-state index is 11.5. The van der Waals surface area contributed by atoms with Crippen molar-refractivity contribution in [2.45, 2.75) is 38.1 Å². The zero-order valence-corrected chi connectivity index (χ0v) is 11.9. The van der Waals surface area contributed by atoms with Gasteiger partial charge in [0, 0.05) is 11.4 Å². The minimum atomic E-state index is 0.261. The molecule has 3 rings (SSSR count). The van der Waals surface area contributed by atoms with E-state index in [0.29, 0.717) is 5.78 Å². The van der Waals surface area contributed by atoms with E-state index in [2.05, 4.69) is 17.0 Å². The van der Waals surface area contributed by atoms with Gasteiger partial charge in [-0.1, -0.05) is 23.7 Å². The standard InChI is InChI=1S/C16H20ClNO/c17-14-3-1-12(2-4-14)11-13-7-9-18(10-8-13)15-5-6-16(15)19/h1-4,13,15H,5-11H2. The molecular formula is C16H20ClNO. The molecule has 0 aromatic heterocycles. The summed E-state index contributed by atoms with van der Waals surface area (Å²) >= 11 is 5.91. The Labute approximate surface area is 119 Å². The Morgan fingerprint density at radius 2 is 1.79 bits per heavy atom. The molecule has 1 unspecified atom stereocenters. The van der Waals surface area contributed by atoms with E-state index >= 15 is 0 Å². The smallest absolute Gasteiger partial charge is 0.150 e. The van der Waals surface area contributed by atoms with E-state index in [-0.39, 0.29) is 6.04 Å². The van der Waals surface area contributed by atoms with Crippen molar-refractivity contribution in [2.75, 3.05) is 13.1 Å². The van der Waals surface area contributed by atoms with Gasteiger partial charge in [-0.3, -0.25) is 9.69 Å². The molecule has 0 N–H and O–H groups in total. The highest BCUT2D eigenvalue weighted by Crippen LogP contribution is 2.28. The van der Waals surface area contributed by atoms with Gasteiger partial charge in [-0.25, -0.2) is 0 Å². The summed E-state index contributed by atoms with van der Waals surface area (Å²) in [4.78, 5) is 13.9. The van der Waals surface area contributed by atoms with Gasteiger partial charge in [-0.05, 0) is 62.4 Å². The van der Waals surface area contributed by atoms with E-state index in [1.165, 1.54) is 18.4 Å². The molecule has 1 aliphatic carbocycles. The number of carbonyl (C=O) groups is 1. The molecule has 0 radical (unpaired) electrons. The third-order valence-electron chi connectivity index (χ3n) is 4.56. The third kappa shape index (κ3) is 3.01. The molecular weight excluding hydrogens is 258 g/mol. The van der Waals surface area contributed by atoms with Crippen LogP contribution < -0.4 is 0 Å². The zero-order valence-electron chi connectivity index (χ0n) is 11.1. The van der Waals surface area contributed by atoms with Gasteiger partial charge < -0.3 is 0 Å². The monoisotopic (exact) mass is 277 g/mol. The van der Waals surface area contributed by atoms with Crippen LogP contribution in [0.3, 0.4) is 0 Å². The number of benzene rings is 1. The second-order valence-electron chi connectivity index (χ2n) is 5.83. The Hall–Kier alpha value is -0.860. The number of hydrogen-bond acceptors (Lipinski definition) is 2. The summed E-state index contributed by atoms with van der Waals surface area (Å²) in [5.41, 5.74) is 1.38. The van der Waals surface area contributed by atoms with Crippen molar-refractivity contribution in [1.29, 1.82) is 0 Å². The molecule has 1 heterocycles. The van der Waals surface area contributed by atoms with E-state index < -0.39 is 0 Å². The Bertz CT molecular complexity index is 448. The number of rotatable bonds is 3. The molecule has 1 atom stereocenters. The van der Waals surface area contributed by atoms with Gasteiger partial charge in [-0.15, -0.1) is 0 Å². The molecule has 2 nitrogen and oxygen atoms in total. The minimum Gasteiger partial charge on any atom is -0.298 e. The van der Waals surface area contributed by atoms with Gasteiger partial charge in [-0.2, -0.15) is 0 Å². The van der Waals surface area contributed by atoms with Crippen LogP contribution in [0, 0.1) is 5.92 Å². The summed E-state index contributed by atoms with van der Waals surface area (Å²) in [6.45, 7) is 2.18. The van der Waals surface area contributed by atoms with Crippen LogP contribution in [-0.2, 0) is 11.2 Å². The molecule has 0 bridgehead atoms. The van der Waals surface area contributed by atoms with Gasteiger partial charge in [0.05, 0.1) is 6.04 Å². The molecule has 0 amide bonds. The second kappa shape index (κ2) is 5.64. The number of nitrogens with zero attached hydrogens (tertiary/aromatic N) is 1. The number of likely N-dealkylation sites (tertiary alicyclic amines) is 1. The molecule has 1 aromatic carbocycles. The first-order valence-corrected chi connectivity index (χ1v) is 7.61. The maximum atomic E-state index is 11.5.